The van der Waals surface area contributed by atoms with E-state index in [1.54, 1.807) is 6.07 Å². The van der Waals surface area contributed by atoms with Crippen LogP contribution in [0.15, 0.2) is 42.5 Å². The smallest absolute Gasteiger partial charge is 0.335 e. The van der Waals surface area contributed by atoms with Crippen LogP contribution in [0.1, 0.15) is 21.5 Å². The molecule has 0 bridgehead atoms. The van der Waals surface area contributed by atoms with Crippen LogP contribution in [0.4, 0.5) is 0 Å². The van der Waals surface area contributed by atoms with Crippen molar-refractivity contribution in [3.05, 3.63) is 59.2 Å². The molecule has 2 aromatic carbocycles. The molecule has 0 saturated carbocycles. The summed E-state index contributed by atoms with van der Waals surface area (Å²) in [6.07, 6.45) is 0.527. The van der Waals surface area contributed by atoms with Crippen LogP contribution < -0.4 is 14.8 Å². The molecule has 0 aromatic heterocycles. The topological polar surface area (TPSA) is 84.9 Å². The van der Waals surface area contributed by atoms with E-state index < -0.39 is 5.97 Å². The first-order valence-electron chi connectivity index (χ1n) is 7.86. The van der Waals surface area contributed by atoms with Crippen LogP contribution in [0.3, 0.4) is 0 Å². The first kappa shape index (κ1) is 18.3. The van der Waals surface area contributed by atoms with E-state index in [4.69, 9.17) is 14.6 Å². The summed E-state index contributed by atoms with van der Waals surface area (Å²) < 4.78 is 10.6. The molecule has 0 atom stereocenters. The SMILES string of the molecule is COc1cc(C(=O)O)ccc1CCNC(=O)COc1ccc(C)cc1. The molecular formula is C19H21NO5. The molecule has 6 nitrogen and oxygen atoms in total. The van der Waals surface area contributed by atoms with E-state index in [1.165, 1.54) is 19.2 Å². The zero-order valence-corrected chi connectivity index (χ0v) is 14.2. The number of amides is 1. The lowest BCUT2D eigenvalue weighted by Crippen LogP contribution is -2.30. The summed E-state index contributed by atoms with van der Waals surface area (Å²) in [5.41, 5.74) is 2.11. The van der Waals surface area contributed by atoms with Crippen LogP contribution in [0, 0.1) is 6.92 Å². The maximum absolute atomic E-state index is 11.8. The lowest BCUT2D eigenvalue weighted by Gasteiger charge is -2.11. The van der Waals surface area contributed by atoms with Gasteiger partial charge in [0.25, 0.3) is 5.91 Å². The molecule has 0 unspecified atom stereocenters. The van der Waals surface area contributed by atoms with Crippen molar-refractivity contribution in [3.8, 4) is 11.5 Å². The number of methoxy groups -OCH3 is 1. The Morgan fingerprint density at radius 2 is 1.84 bits per heavy atom. The van der Waals surface area contributed by atoms with Gasteiger partial charge in [-0.05, 0) is 43.2 Å². The number of carbonyl (C=O) groups is 2. The predicted molar refractivity (Wildman–Crippen MR) is 93.3 cm³/mol. The number of carboxylic acid groups (broad SMARTS) is 1. The zero-order chi connectivity index (χ0) is 18.2. The Balaban J connectivity index is 1.80. The molecule has 0 aliphatic rings. The Morgan fingerprint density at radius 3 is 2.48 bits per heavy atom. The summed E-state index contributed by atoms with van der Waals surface area (Å²) in [5, 5.41) is 11.8. The summed E-state index contributed by atoms with van der Waals surface area (Å²) in [6.45, 7) is 2.32. The lowest BCUT2D eigenvalue weighted by atomic mass is 10.1. The van der Waals surface area contributed by atoms with Crippen LogP contribution in [-0.4, -0.2) is 37.2 Å². The minimum Gasteiger partial charge on any atom is -0.496 e. The van der Waals surface area contributed by atoms with Crippen molar-refractivity contribution in [2.24, 2.45) is 0 Å². The van der Waals surface area contributed by atoms with Gasteiger partial charge in [0.1, 0.15) is 11.5 Å². The van der Waals surface area contributed by atoms with Crippen molar-refractivity contribution in [2.45, 2.75) is 13.3 Å². The molecule has 0 aliphatic heterocycles. The van der Waals surface area contributed by atoms with Crippen LogP contribution in [0.2, 0.25) is 0 Å². The number of nitrogens with one attached hydrogen (secondary N) is 1. The molecule has 1 amide bonds. The third-order valence-electron chi connectivity index (χ3n) is 3.64. The summed E-state index contributed by atoms with van der Waals surface area (Å²) in [4.78, 5) is 22.8. The fourth-order valence-electron chi connectivity index (χ4n) is 2.26. The molecule has 0 aliphatic carbocycles. The third-order valence-corrected chi connectivity index (χ3v) is 3.64. The number of hydrogen-bond donors (Lipinski definition) is 2. The highest BCUT2D eigenvalue weighted by molar-refractivity contribution is 5.88. The maximum atomic E-state index is 11.8. The molecule has 2 N–H and O–H groups in total. The number of rotatable bonds is 8. The van der Waals surface area contributed by atoms with Gasteiger partial charge in [-0.2, -0.15) is 0 Å². The van der Waals surface area contributed by atoms with E-state index in [0.717, 1.165) is 11.1 Å². The first-order valence-corrected chi connectivity index (χ1v) is 7.86. The first-order chi connectivity index (χ1) is 12.0. The summed E-state index contributed by atoms with van der Waals surface area (Å²) in [5.74, 6) is -0.0927. The number of hydrogen-bond acceptors (Lipinski definition) is 4. The van der Waals surface area contributed by atoms with Gasteiger partial charge in [0.05, 0.1) is 12.7 Å². The van der Waals surface area contributed by atoms with Gasteiger partial charge in [-0.3, -0.25) is 4.79 Å². The summed E-state index contributed by atoms with van der Waals surface area (Å²) in [7, 11) is 1.48. The second-order valence-corrected chi connectivity index (χ2v) is 5.53. The molecule has 0 spiro atoms. The highest BCUT2D eigenvalue weighted by Gasteiger charge is 2.09. The van der Waals surface area contributed by atoms with E-state index in [0.29, 0.717) is 24.5 Å². The van der Waals surface area contributed by atoms with E-state index >= 15 is 0 Å². The Kier molecular flexibility index (Phi) is 6.39. The van der Waals surface area contributed by atoms with Crippen LogP contribution in [0.5, 0.6) is 11.5 Å². The molecule has 2 rings (SSSR count). The Labute approximate surface area is 146 Å². The largest absolute Gasteiger partial charge is 0.496 e. The fraction of sp³-hybridized carbons (Fsp3) is 0.263. The van der Waals surface area contributed by atoms with Crippen LogP contribution >= 0.6 is 0 Å². The molecular weight excluding hydrogens is 322 g/mol. The number of carbonyl (C=O) groups excluding carboxylic acids is 1. The van der Waals surface area contributed by atoms with Gasteiger partial charge >= 0.3 is 5.97 Å². The number of aromatic carboxylic acids is 1. The molecule has 2 aromatic rings. The highest BCUT2D eigenvalue weighted by Crippen LogP contribution is 2.20. The Morgan fingerprint density at radius 1 is 1.12 bits per heavy atom. The maximum Gasteiger partial charge on any atom is 0.335 e. The van der Waals surface area contributed by atoms with Gasteiger partial charge in [0, 0.05) is 6.54 Å². The van der Waals surface area contributed by atoms with E-state index in [-0.39, 0.29) is 18.1 Å². The van der Waals surface area contributed by atoms with Crippen molar-refractivity contribution < 1.29 is 24.2 Å². The van der Waals surface area contributed by atoms with E-state index in [2.05, 4.69) is 5.32 Å². The van der Waals surface area contributed by atoms with Gasteiger partial charge in [0.15, 0.2) is 6.61 Å². The Bertz CT molecular complexity index is 740. The number of aryl methyl sites for hydroxylation is 1. The van der Waals surface area contributed by atoms with Crippen LogP contribution in [-0.2, 0) is 11.2 Å². The highest BCUT2D eigenvalue weighted by atomic mass is 16.5. The van der Waals surface area contributed by atoms with Gasteiger partial charge in [-0.25, -0.2) is 4.79 Å². The molecule has 0 heterocycles. The van der Waals surface area contributed by atoms with Gasteiger partial charge in [0.2, 0.25) is 0 Å². The third kappa shape index (κ3) is 5.53. The van der Waals surface area contributed by atoms with Crippen LogP contribution in [0.25, 0.3) is 0 Å². The van der Waals surface area contributed by atoms with Crippen molar-refractivity contribution in [3.63, 3.8) is 0 Å². The summed E-state index contributed by atoms with van der Waals surface area (Å²) in [6, 6.07) is 12.1. The average Bonchev–Trinajstić information content (AvgIpc) is 2.61. The molecule has 0 fully saturated rings. The second kappa shape index (κ2) is 8.73. The fourth-order valence-corrected chi connectivity index (χ4v) is 2.26. The molecule has 25 heavy (non-hydrogen) atoms. The molecule has 132 valence electrons. The number of carboxylic acids is 1. The van der Waals surface area contributed by atoms with Gasteiger partial charge in [-0.1, -0.05) is 23.8 Å². The minimum absolute atomic E-state index is 0.0574. The van der Waals surface area contributed by atoms with Gasteiger partial charge in [-0.15, -0.1) is 0 Å². The van der Waals surface area contributed by atoms with Crippen molar-refractivity contribution >= 4 is 11.9 Å². The second-order valence-electron chi connectivity index (χ2n) is 5.53. The monoisotopic (exact) mass is 343 g/mol. The lowest BCUT2D eigenvalue weighted by molar-refractivity contribution is -0.123. The number of ether oxygens (including phenoxy) is 2. The quantitative estimate of drug-likeness (QED) is 0.769. The summed E-state index contributed by atoms with van der Waals surface area (Å²) >= 11 is 0. The average molecular weight is 343 g/mol. The predicted octanol–water partition coefficient (Wildman–Crippen LogP) is 2.44. The minimum atomic E-state index is -1.01. The van der Waals surface area contributed by atoms with E-state index in [9.17, 15) is 9.59 Å². The normalized spacial score (nSPS) is 10.2. The Hall–Kier alpha value is -3.02. The van der Waals surface area contributed by atoms with Gasteiger partial charge < -0.3 is 19.9 Å². The zero-order valence-electron chi connectivity index (χ0n) is 14.2. The molecule has 6 heteroatoms. The molecule has 0 saturated heterocycles. The van der Waals surface area contributed by atoms with Crippen molar-refractivity contribution in [1.82, 2.24) is 5.32 Å². The standard InChI is InChI=1S/C19H21NO5/c1-13-3-7-16(8-4-13)25-12-18(21)20-10-9-14-5-6-15(19(22)23)11-17(14)24-2/h3-8,11H,9-10,12H2,1-2H3,(H,20,21)(H,22,23). The number of benzene rings is 2. The van der Waals surface area contributed by atoms with Crippen molar-refractivity contribution in [2.75, 3.05) is 20.3 Å². The van der Waals surface area contributed by atoms with Crippen molar-refractivity contribution in [1.29, 1.82) is 0 Å². The van der Waals surface area contributed by atoms with E-state index in [1.807, 2.05) is 31.2 Å². The molecule has 0 radical (unpaired) electrons.